The van der Waals surface area contributed by atoms with E-state index in [2.05, 4.69) is 14.9 Å². The fraction of sp³-hybridized carbons (Fsp3) is 0.667. The van der Waals surface area contributed by atoms with Crippen LogP contribution in [-0.4, -0.2) is 34.0 Å². The standard InChI is InChI=1S/C12H18N4O/c13-12-14-10(5-11(17)15-12)8-6-16(7-8)9-3-1-2-4-9/h5,8-9H,1-4,6-7H2,(H3,13,14,15,17). The van der Waals surface area contributed by atoms with Crippen molar-refractivity contribution in [3.8, 4) is 0 Å². The van der Waals surface area contributed by atoms with Crippen LogP contribution in [0.25, 0.3) is 0 Å². The van der Waals surface area contributed by atoms with E-state index in [9.17, 15) is 4.79 Å². The Balaban J connectivity index is 1.66. The molecule has 5 heteroatoms. The van der Waals surface area contributed by atoms with Crippen LogP contribution in [0.5, 0.6) is 0 Å². The van der Waals surface area contributed by atoms with Crippen molar-refractivity contribution in [2.24, 2.45) is 0 Å². The lowest BCUT2D eigenvalue weighted by Crippen LogP contribution is -2.50. The molecule has 17 heavy (non-hydrogen) atoms. The Bertz CT molecular complexity index is 458. The third kappa shape index (κ3) is 2.07. The second-order valence-electron chi connectivity index (χ2n) is 5.14. The minimum Gasteiger partial charge on any atom is -0.369 e. The molecule has 3 N–H and O–H groups in total. The summed E-state index contributed by atoms with van der Waals surface area (Å²) in [6.45, 7) is 2.06. The summed E-state index contributed by atoms with van der Waals surface area (Å²) in [6, 6.07) is 2.35. The van der Waals surface area contributed by atoms with E-state index < -0.39 is 0 Å². The van der Waals surface area contributed by atoms with Crippen LogP contribution in [0.4, 0.5) is 5.95 Å². The summed E-state index contributed by atoms with van der Waals surface area (Å²) in [6.07, 6.45) is 5.39. The monoisotopic (exact) mass is 234 g/mol. The van der Waals surface area contributed by atoms with Gasteiger partial charge in [0.1, 0.15) is 0 Å². The molecule has 0 bridgehead atoms. The van der Waals surface area contributed by atoms with E-state index in [1.807, 2.05) is 0 Å². The van der Waals surface area contributed by atoms with Gasteiger partial charge in [0.05, 0.1) is 5.69 Å². The summed E-state index contributed by atoms with van der Waals surface area (Å²) < 4.78 is 0. The first-order valence-electron chi connectivity index (χ1n) is 6.33. The van der Waals surface area contributed by atoms with Crippen molar-refractivity contribution in [1.82, 2.24) is 14.9 Å². The van der Waals surface area contributed by atoms with Gasteiger partial charge in [0.15, 0.2) is 0 Å². The van der Waals surface area contributed by atoms with E-state index in [0.29, 0.717) is 5.92 Å². The second kappa shape index (κ2) is 4.14. The van der Waals surface area contributed by atoms with Crippen LogP contribution < -0.4 is 11.3 Å². The van der Waals surface area contributed by atoms with Gasteiger partial charge in [-0.2, -0.15) is 0 Å². The fourth-order valence-corrected chi connectivity index (χ4v) is 2.97. The summed E-state index contributed by atoms with van der Waals surface area (Å²) in [5.74, 6) is 0.618. The summed E-state index contributed by atoms with van der Waals surface area (Å²) in [5, 5.41) is 0. The van der Waals surface area contributed by atoms with Crippen LogP contribution >= 0.6 is 0 Å². The molecule has 1 aliphatic heterocycles. The van der Waals surface area contributed by atoms with E-state index in [1.165, 1.54) is 25.7 Å². The van der Waals surface area contributed by atoms with Gasteiger partial charge in [-0.3, -0.25) is 14.7 Å². The van der Waals surface area contributed by atoms with Crippen molar-refractivity contribution < 1.29 is 0 Å². The topological polar surface area (TPSA) is 75.0 Å². The Kier molecular flexibility index (Phi) is 2.63. The molecule has 0 spiro atoms. The van der Waals surface area contributed by atoms with Crippen LogP contribution in [-0.2, 0) is 0 Å². The van der Waals surface area contributed by atoms with Crippen molar-refractivity contribution in [2.45, 2.75) is 37.6 Å². The molecule has 0 radical (unpaired) electrons. The lowest BCUT2D eigenvalue weighted by atomic mass is 9.93. The number of likely N-dealkylation sites (tertiary alicyclic amines) is 1. The Morgan fingerprint density at radius 2 is 2.06 bits per heavy atom. The largest absolute Gasteiger partial charge is 0.369 e. The lowest BCUT2D eigenvalue weighted by molar-refractivity contribution is 0.0924. The third-order valence-corrected chi connectivity index (χ3v) is 3.95. The van der Waals surface area contributed by atoms with Crippen LogP contribution in [0.2, 0.25) is 0 Å². The first-order valence-corrected chi connectivity index (χ1v) is 6.33. The highest BCUT2D eigenvalue weighted by Crippen LogP contribution is 2.33. The Hall–Kier alpha value is -1.36. The molecule has 2 fully saturated rings. The summed E-state index contributed by atoms with van der Waals surface area (Å²) in [5.41, 5.74) is 6.25. The molecule has 1 aromatic rings. The molecule has 0 amide bonds. The summed E-state index contributed by atoms with van der Waals surface area (Å²) >= 11 is 0. The van der Waals surface area contributed by atoms with Gasteiger partial charge >= 0.3 is 0 Å². The molecular weight excluding hydrogens is 216 g/mol. The van der Waals surface area contributed by atoms with Crippen LogP contribution in [0.15, 0.2) is 10.9 Å². The Morgan fingerprint density at radius 1 is 1.35 bits per heavy atom. The number of nitrogens with one attached hydrogen (secondary N) is 1. The molecule has 0 aromatic carbocycles. The zero-order chi connectivity index (χ0) is 11.8. The smallest absolute Gasteiger partial charge is 0.252 e. The number of anilines is 1. The van der Waals surface area contributed by atoms with E-state index in [-0.39, 0.29) is 11.5 Å². The number of hydrogen-bond acceptors (Lipinski definition) is 4. The van der Waals surface area contributed by atoms with E-state index in [4.69, 9.17) is 5.73 Å². The molecule has 3 rings (SSSR count). The SMILES string of the molecule is Nc1nc(C2CN(C3CCCC3)C2)cc(=O)[nH]1. The molecule has 92 valence electrons. The van der Waals surface area contributed by atoms with Gasteiger partial charge in [-0.15, -0.1) is 0 Å². The normalized spacial score (nSPS) is 22.8. The van der Waals surface area contributed by atoms with Gasteiger partial charge in [-0.05, 0) is 12.8 Å². The number of aromatic nitrogens is 2. The average Bonchev–Trinajstić information content (AvgIpc) is 2.66. The highest BCUT2D eigenvalue weighted by atomic mass is 16.1. The second-order valence-corrected chi connectivity index (χ2v) is 5.14. The Labute approximate surface area is 100 Å². The maximum absolute atomic E-state index is 11.3. The molecule has 2 heterocycles. The molecule has 2 aliphatic rings. The Morgan fingerprint density at radius 3 is 2.71 bits per heavy atom. The van der Waals surface area contributed by atoms with Gasteiger partial charge in [0.2, 0.25) is 5.95 Å². The van der Waals surface area contributed by atoms with Crippen LogP contribution in [0, 0.1) is 0 Å². The molecule has 0 unspecified atom stereocenters. The van der Waals surface area contributed by atoms with Crippen molar-refractivity contribution >= 4 is 5.95 Å². The van der Waals surface area contributed by atoms with Gasteiger partial charge < -0.3 is 5.73 Å². The summed E-state index contributed by atoms with van der Waals surface area (Å²) in [7, 11) is 0. The predicted octanol–water partition coefficient (Wildman–Crippen LogP) is 0.694. The van der Waals surface area contributed by atoms with E-state index in [0.717, 1.165) is 24.8 Å². The molecule has 1 saturated heterocycles. The number of nitrogens with zero attached hydrogens (tertiary/aromatic N) is 2. The van der Waals surface area contributed by atoms with Crippen molar-refractivity contribution in [3.05, 3.63) is 22.1 Å². The molecule has 1 aromatic heterocycles. The predicted molar refractivity (Wildman–Crippen MR) is 65.8 cm³/mol. The third-order valence-electron chi connectivity index (χ3n) is 3.95. The highest BCUT2D eigenvalue weighted by Gasteiger charge is 2.35. The van der Waals surface area contributed by atoms with E-state index in [1.54, 1.807) is 6.07 Å². The lowest BCUT2D eigenvalue weighted by Gasteiger charge is -2.42. The maximum Gasteiger partial charge on any atom is 0.252 e. The van der Waals surface area contributed by atoms with Gasteiger partial charge in [-0.1, -0.05) is 12.8 Å². The van der Waals surface area contributed by atoms with Crippen LogP contribution in [0.1, 0.15) is 37.3 Å². The van der Waals surface area contributed by atoms with E-state index >= 15 is 0 Å². The molecule has 1 saturated carbocycles. The minimum atomic E-state index is -0.146. The van der Waals surface area contributed by atoms with Gasteiger partial charge in [0, 0.05) is 31.1 Å². The zero-order valence-electron chi connectivity index (χ0n) is 9.85. The fourth-order valence-electron chi connectivity index (χ4n) is 2.97. The highest BCUT2D eigenvalue weighted by molar-refractivity contribution is 5.22. The zero-order valence-corrected chi connectivity index (χ0v) is 9.85. The van der Waals surface area contributed by atoms with Crippen molar-refractivity contribution in [2.75, 3.05) is 18.8 Å². The maximum atomic E-state index is 11.3. The quantitative estimate of drug-likeness (QED) is 0.789. The molecule has 1 aliphatic carbocycles. The van der Waals surface area contributed by atoms with Gasteiger partial charge in [-0.25, -0.2) is 4.98 Å². The van der Waals surface area contributed by atoms with Gasteiger partial charge in [0.25, 0.3) is 5.56 Å². The number of aromatic amines is 1. The molecular formula is C12H18N4O. The molecule has 5 nitrogen and oxygen atoms in total. The average molecular weight is 234 g/mol. The van der Waals surface area contributed by atoms with Crippen molar-refractivity contribution in [3.63, 3.8) is 0 Å². The first-order chi connectivity index (χ1) is 8.22. The number of hydrogen-bond donors (Lipinski definition) is 2. The summed E-state index contributed by atoms with van der Waals surface area (Å²) in [4.78, 5) is 20.5. The molecule has 0 atom stereocenters. The first kappa shape index (κ1) is 10.8. The number of rotatable bonds is 2. The minimum absolute atomic E-state index is 0.146. The number of H-pyrrole nitrogens is 1. The number of nitrogens with two attached hydrogens (primary N) is 1. The van der Waals surface area contributed by atoms with Crippen molar-refractivity contribution in [1.29, 1.82) is 0 Å². The number of nitrogen functional groups attached to an aromatic ring is 1. The van der Waals surface area contributed by atoms with Crippen LogP contribution in [0.3, 0.4) is 0 Å².